The molecule has 0 aliphatic heterocycles. The van der Waals surface area contributed by atoms with Gasteiger partial charge in [0.1, 0.15) is 11.6 Å². The Morgan fingerprint density at radius 3 is 2.56 bits per heavy atom. The largest absolute Gasteiger partial charge is 0.370 e. The molecule has 1 aromatic heterocycles. The lowest BCUT2D eigenvalue weighted by atomic mass is 10.1. The smallest absolute Gasteiger partial charge is 0.254 e. The maximum absolute atomic E-state index is 13.6. The van der Waals surface area contributed by atoms with Gasteiger partial charge in [0.25, 0.3) is 5.91 Å². The number of aromatic nitrogens is 1. The van der Waals surface area contributed by atoms with E-state index >= 15 is 0 Å². The highest BCUT2D eigenvalue weighted by molar-refractivity contribution is 5.94. The molecule has 1 heterocycles. The molecule has 0 saturated carbocycles. The standard InChI is InChI=1S/C20H26FN3O/c1-3-13-24(14-4-2)20(25)17-10-12-23-19(15-17)22-11-9-16-7-5-6-8-18(16)21/h5-8,10,12,15H,3-4,9,11,13-14H2,1-2H3,(H,22,23). The molecule has 5 heteroatoms. The van der Waals surface area contributed by atoms with Gasteiger partial charge in [-0.05, 0) is 43.0 Å². The number of benzene rings is 1. The lowest BCUT2D eigenvalue weighted by Gasteiger charge is -2.21. The van der Waals surface area contributed by atoms with Gasteiger partial charge in [-0.1, -0.05) is 32.0 Å². The first kappa shape index (κ1) is 18.9. The van der Waals surface area contributed by atoms with Gasteiger partial charge in [-0.3, -0.25) is 4.79 Å². The number of nitrogens with zero attached hydrogens (tertiary/aromatic N) is 2. The Kier molecular flexibility index (Phi) is 7.38. The monoisotopic (exact) mass is 343 g/mol. The SMILES string of the molecule is CCCN(CCC)C(=O)c1ccnc(NCCc2ccccc2F)c1. The van der Waals surface area contributed by atoms with Gasteiger partial charge in [-0.2, -0.15) is 0 Å². The molecule has 4 nitrogen and oxygen atoms in total. The Morgan fingerprint density at radius 2 is 1.88 bits per heavy atom. The van der Waals surface area contributed by atoms with Gasteiger partial charge in [0.2, 0.25) is 0 Å². The zero-order valence-corrected chi connectivity index (χ0v) is 15.0. The summed E-state index contributed by atoms with van der Waals surface area (Å²) in [5, 5.41) is 3.17. The molecule has 2 aromatic rings. The minimum atomic E-state index is -0.198. The second-order valence-corrected chi connectivity index (χ2v) is 5.99. The van der Waals surface area contributed by atoms with Crippen molar-refractivity contribution in [2.45, 2.75) is 33.1 Å². The van der Waals surface area contributed by atoms with Crippen LogP contribution in [-0.2, 0) is 6.42 Å². The van der Waals surface area contributed by atoms with Crippen molar-refractivity contribution < 1.29 is 9.18 Å². The first-order chi connectivity index (χ1) is 12.2. The summed E-state index contributed by atoms with van der Waals surface area (Å²) in [6, 6.07) is 10.2. The molecular formula is C20H26FN3O. The van der Waals surface area contributed by atoms with E-state index in [9.17, 15) is 9.18 Å². The number of halogens is 1. The Bertz CT molecular complexity index is 684. The van der Waals surface area contributed by atoms with Crippen LogP contribution in [0.25, 0.3) is 0 Å². The van der Waals surface area contributed by atoms with Crippen LogP contribution >= 0.6 is 0 Å². The minimum Gasteiger partial charge on any atom is -0.370 e. The van der Waals surface area contributed by atoms with Gasteiger partial charge in [-0.15, -0.1) is 0 Å². The maximum Gasteiger partial charge on any atom is 0.254 e. The zero-order chi connectivity index (χ0) is 18.1. The second-order valence-electron chi connectivity index (χ2n) is 5.99. The predicted molar refractivity (Wildman–Crippen MR) is 99.3 cm³/mol. The van der Waals surface area contributed by atoms with Crippen molar-refractivity contribution in [1.82, 2.24) is 9.88 Å². The Labute approximate surface area is 149 Å². The number of nitrogens with one attached hydrogen (secondary N) is 1. The highest BCUT2D eigenvalue weighted by Gasteiger charge is 2.14. The van der Waals surface area contributed by atoms with E-state index in [2.05, 4.69) is 24.1 Å². The zero-order valence-electron chi connectivity index (χ0n) is 15.0. The quantitative estimate of drug-likeness (QED) is 0.744. The number of rotatable bonds is 9. The van der Waals surface area contributed by atoms with Gasteiger partial charge < -0.3 is 10.2 Å². The summed E-state index contributed by atoms with van der Waals surface area (Å²) in [5.41, 5.74) is 1.30. The van der Waals surface area contributed by atoms with Crippen LogP contribution < -0.4 is 5.32 Å². The summed E-state index contributed by atoms with van der Waals surface area (Å²) in [4.78, 5) is 18.8. The molecule has 1 aromatic carbocycles. The molecule has 0 aliphatic carbocycles. The molecule has 0 unspecified atom stereocenters. The van der Waals surface area contributed by atoms with E-state index in [0.29, 0.717) is 29.9 Å². The van der Waals surface area contributed by atoms with Crippen LogP contribution in [0.4, 0.5) is 10.2 Å². The van der Waals surface area contributed by atoms with Crippen LogP contribution in [0, 0.1) is 5.82 Å². The molecule has 0 aliphatic rings. The van der Waals surface area contributed by atoms with Gasteiger partial charge >= 0.3 is 0 Å². The Balaban J connectivity index is 1.98. The predicted octanol–water partition coefficient (Wildman–Crippen LogP) is 4.14. The van der Waals surface area contributed by atoms with Crippen LogP contribution in [0.2, 0.25) is 0 Å². The van der Waals surface area contributed by atoms with Crippen molar-refractivity contribution >= 4 is 11.7 Å². The van der Waals surface area contributed by atoms with Gasteiger partial charge in [0, 0.05) is 31.4 Å². The first-order valence-electron chi connectivity index (χ1n) is 8.88. The Morgan fingerprint density at radius 1 is 1.16 bits per heavy atom. The second kappa shape index (κ2) is 9.77. The third-order valence-corrected chi connectivity index (χ3v) is 3.94. The number of carbonyl (C=O) groups is 1. The molecule has 0 radical (unpaired) electrons. The summed E-state index contributed by atoms with van der Waals surface area (Å²) in [7, 11) is 0. The summed E-state index contributed by atoms with van der Waals surface area (Å²) in [6.45, 7) is 6.20. The van der Waals surface area contributed by atoms with Crippen molar-refractivity contribution in [2.24, 2.45) is 0 Å². The lowest BCUT2D eigenvalue weighted by Crippen LogP contribution is -2.32. The van der Waals surface area contributed by atoms with E-state index < -0.39 is 0 Å². The summed E-state index contributed by atoms with van der Waals surface area (Å²) < 4.78 is 13.6. The summed E-state index contributed by atoms with van der Waals surface area (Å²) >= 11 is 0. The van der Waals surface area contributed by atoms with Gasteiger partial charge in [0.05, 0.1) is 0 Å². The van der Waals surface area contributed by atoms with E-state index in [1.54, 1.807) is 30.5 Å². The number of carbonyl (C=O) groups excluding carboxylic acids is 1. The third-order valence-electron chi connectivity index (χ3n) is 3.94. The van der Waals surface area contributed by atoms with Crippen LogP contribution in [0.5, 0.6) is 0 Å². The molecule has 0 spiro atoms. The van der Waals surface area contributed by atoms with Crippen LogP contribution in [0.1, 0.15) is 42.6 Å². The molecule has 2 rings (SSSR count). The van der Waals surface area contributed by atoms with Crippen LogP contribution in [0.3, 0.4) is 0 Å². The fraction of sp³-hybridized carbons (Fsp3) is 0.400. The summed E-state index contributed by atoms with van der Waals surface area (Å²) in [6.07, 6.45) is 4.06. The molecule has 0 bridgehead atoms. The maximum atomic E-state index is 13.6. The number of amides is 1. The highest BCUT2D eigenvalue weighted by atomic mass is 19.1. The fourth-order valence-corrected chi connectivity index (χ4v) is 2.72. The van der Waals surface area contributed by atoms with Crippen molar-refractivity contribution in [3.8, 4) is 0 Å². The average Bonchev–Trinajstić information content (AvgIpc) is 2.63. The van der Waals surface area contributed by atoms with E-state index in [0.717, 1.165) is 25.9 Å². The molecule has 0 atom stereocenters. The number of hydrogen-bond acceptors (Lipinski definition) is 3. The average molecular weight is 343 g/mol. The van der Waals surface area contributed by atoms with E-state index in [-0.39, 0.29) is 11.7 Å². The van der Waals surface area contributed by atoms with Crippen molar-refractivity contribution in [2.75, 3.05) is 25.0 Å². The molecule has 0 fully saturated rings. The normalized spacial score (nSPS) is 10.5. The van der Waals surface area contributed by atoms with Crippen LogP contribution in [-0.4, -0.2) is 35.4 Å². The number of hydrogen-bond donors (Lipinski definition) is 1. The van der Waals surface area contributed by atoms with Crippen molar-refractivity contribution in [3.05, 3.63) is 59.5 Å². The van der Waals surface area contributed by atoms with E-state index in [4.69, 9.17) is 0 Å². The summed E-state index contributed by atoms with van der Waals surface area (Å²) in [5.74, 6) is 0.467. The van der Waals surface area contributed by atoms with Gasteiger partial charge in [-0.25, -0.2) is 9.37 Å². The third kappa shape index (κ3) is 5.55. The van der Waals surface area contributed by atoms with E-state index in [1.807, 2.05) is 11.0 Å². The Hall–Kier alpha value is -2.43. The van der Waals surface area contributed by atoms with Crippen molar-refractivity contribution in [1.29, 1.82) is 0 Å². The molecule has 1 N–H and O–H groups in total. The molecule has 25 heavy (non-hydrogen) atoms. The molecule has 1 amide bonds. The van der Waals surface area contributed by atoms with E-state index in [1.165, 1.54) is 6.07 Å². The molecular weight excluding hydrogens is 317 g/mol. The highest BCUT2D eigenvalue weighted by Crippen LogP contribution is 2.12. The van der Waals surface area contributed by atoms with Crippen molar-refractivity contribution in [3.63, 3.8) is 0 Å². The number of anilines is 1. The minimum absolute atomic E-state index is 0.0308. The van der Waals surface area contributed by atoms with Gasteiger partial charge in [0.15, 0.2) is 0 Å². The fourth-order valence-electron chi connectivity index (χ4n) is 2.72. The first-order valence-corrected chi connectivity index (χ1v) is 8.88. The van der Waals surface area contributed by atoms with Crippen LogP contribution in [0.15, 0.2) is 42.6 Å². The number of pyridine rings is 1. The lowest BCUT2D eigenvalue weighted by molar-refractivity contribution is 0.0755. The topological polar surface area (TPSA) is 45.2 Å². The molecule has 134 valence electrons. The molecule has 0 saturated heterocycles.